The molecular formula is C25H26Cl2N2O4. The van der Waals surface area contributed by atoms with Gasteiger partial charge < -0.3 is 18.9 Å². The highest BCUT2D eigenvalue weighted by atomic mass is 35.5. The Hall–Kier alpha value is -2.54. The Morgan fingerprint density at radius 2 is 2.00 bits per heavy atom. The van der Waals surface area contributed by atoms with Crippen molar-refractivity contribution in [2.75, 3.05) is 20.3 Å². The van der Waals surface area contributed by atoms with Crippen molar-refractivity contribution in [3.63, 3.8) is 0 Å². The highest BCUT2D eigenvalue weighted by Gasteiger charge is 2.38. The third-order valence-electron chi connectivity index (χ3n) is 6.23. The van der Waals surface area contributed by atoms with Crippen molar-refractivity contribution in [2.24, 2.45) is 0 Å². The number of carbonyl (C=O) groups excluding carboxylic acids is 2. The van der Waals surface area contributed by atoms with Gasteiger partial charge in [-0.25, -0.2) is 4.79 Å². The van der Waals surface area contributed by atoms with Crippen LogP contribution in [0.5, 0.6) is 0 Å². The minimum atomic E-state index is -0.531. The standard InChI is InChI=1S/C25H26Cl2N2O4/c1-14-10-17(15(2)29(14)22-8-7-18(26)12-21(22)27)11-20-23(25(31)32-4)16(3)28(24(20)30)13-19-6-5-9-33-19/h7-8,10-12,19H,5-6,9,13H2,1-4H3/b20-11+/t19-/m0/s1. The Morgan fingerprint density at radius 1 is 1.24 bits per heavy atom. The van der Waals surface area contributed by atoms with Crippen LogP contribution in [0.1, 0.15) is 36.7 Å². The molecular weight excluding hydrogens is 463 g/mol. The van der Waals surface area contributed by atoms with E-state index in [1.807, 2.05) is 30.5 Å². The summed E-state index contributed by atoms with van der Waals surface area (Å²) < 4.78 is 12.7. The zero-order valence-electron chi connectivity index (χ0n) is 19.1. The van der Waals surface area contributed by atoms with Crippen molar-refractivity contribution in [1.82, 2.24) is 9.47 Å². The lowest BCUT2D eigenvalue weighted by Gasteiger charge is -2.21. The van der Waals surface area contributed by atoms with Crippen molar-refractivity contribution in [3.8, 4) is 5.69 Å². The molecule has 2 aliphatic heterocycles. The summed E-state index contributed by atoms with van der Waals surface area (Å²) in [7, 11) is 1.32. The van der Waals surface area contributed by atoms with Crippen LogP contribution in [0.4, 0.5) is 0 Å². The molecule has 0 N–H and O–H groups in total. The van der Waals surface area contributed by atoms with Gasteiger partial charge in [-0.1, -0.05) is 23.2 Å². The van der Waals surface area contributed by atoms with E-state index in [4.69, 9.17) is 32.7 Å². The number of rotatable bonds is 5. The van der Waals surface area contributed by atoms with Crippen molar-refractivity contribution in [1.29, 1.82) is 0 Å². The first-order valence-corrected chi connectivity index (χ1v) is 11.6. The lowest BCUT2D eigenvalue weighted by atomic mass is 10.0. The number of amides is 1. The molecule has 0 unspecified atom stereocenters. The van der Waals surface area contributed by atoms with E-state index in [0.717, 1.165) is 35.5 Å². The zero-order chi connectivity index (χ0) is 23.9. The molecule has 8 heteroatoms. The molecule has 0 saturated carbocycles. The first-order chi connectivity index (χ1) is 15.7. The maximum absolute atomic E-state index is 13.4. The lowest BCUT2D eigenvalue weighted by Crippen LogP contribution is -2.33. The number of benzene rings is 1. The smallest absolute Gasteiger partial charge is 0.340 e. The Balaban J connectivity index is 1.77. The molecule has 2 aromatic rings. The molecule has 0 aliphatic carbocycles. The molecule has 1 aromatic carbocycles. The van der Waals surface area contributed by atoms with Crippen molar-refractivity contribution < 1.29 is 19.1 Å². The average molecular weight is 489 g/mol. The number of ether oxygens (including phenoxy) is 2. The van der Waals surface area contributed by atoms with Crippen LogP contribution in [-0.2, 0) is 19.1 Å². The Morgan fingerprint density at radius 3 is 2.64 bits per heavy atom. The molecule has 1 aromatic heterocycles. The Kier molecular flexibility index (Phi) is 6.71. The maximum Gasteiger partial charge on any atom is 0.340 e. The molecule has 1 fully saturated rings. The second kappa shape index (κ2) is 9.37. The lowest BCUT2D eigenvalue weighted by molar-refractivity contribution is -0.136. The van der Waals surface area contributed by atoms with Crippen LogP contribution in [0, 0.1) is 13.8 Å². The molecule has 1 atom stereocenters. The molecule has 1 amide bonds. The minimum absolute atomic E-state index is 0.0285. The third-order valence-corrected chi connectivity index (χ3v) is 6.77. The summed E-state index contributed by atoms with van der Waals surface area (Å²) in [6.07, 6.45) is 3.60. The first kappa shape index (κ1) is 23.6. The Labute approximate surface area is 203 Å². The van der Waals surface area contributed by atoms with Gasteiger partial charge in [0.1, 0.15) is 0 Å². The van der Waals surface area contributed by atoms with Gasteiger partial charge in [-0.3, -0.25) is 4.79 Å². The number of methoxy groups -OCH3 is 1. The summed E-state index contributed by atoms with van der Waals surface area (Å²) in [5.41, 5.74) is 4.62. The van der Waals surface area contributed by atoms with Gasteiger partial charge in [0.15, 0.2) is 0 Å². The van der Waals surface area contributed by atoms with E-state index >= 15 is 0 Å². The SMILES string of the molecule is COC(=O)C1=C(C)N(C[C@@H]2CCCO2)C(=O)/C1=C/c1cc(C)n(-c2ccc(Cl)cc2Cl)c1C. The van der Waals surface area contributed by atoms with Gasteiger partial charge in [-0.2, -0.15) is 0 Å². The van der Waals surface area contributed by atoms with Gasteiger partial charge in [0.05, 0.1) is 41.6 Å². The molecule has 174 valence electrons. The predicted molar refractivity (Wildman–Crippen MR) is 129 cm³/mol. The first-order valence-electron chi connectivity index (χ1n) is 10.8. The van der Waals surface area contributed by atoms with Gasteiger partial charge in [0, 0.05) is 28.7 Å². The van der Waals surface area contributed by atoms with Crippen molar-refractivity contribution in [3.05, 3.63) is 68.1 Å². The molecule has 1 saturated heterocycles. The van der Waals surface area contributed by atoms with E-state index < -0.39 is 5.97 Å². The third kappa shape index (κ3) is 4.35. The second-order valence-electron chi connectivity index (χ2n) is 8.32. The molecule has 4 rings (SSSR count). The molecule has 3 heterocycles. The van der Waals surface area contributed by atoms with Gasteiger partial charge in [-0.15, -0.1) is 0 Å². The van der Waals surface area contributed by atoms with Gasteiger partial charge >= 0.3 is 5.97 Å². The normalized spacial score (nSPS) is 19.8. The zero-order valence-corrected chi connectivity index (χ0v) is 20.6. The molecule has 33 heavy (non-hydrogen) atoms. The summed E-state index contributed by atoms with van der Waals surface area (Å²) in [5, 5.41) is 1.08. The molecule has 0 bridgehead atoms. The fourth-order valence-corrected chi connectivity index (χ4v) is 5.06. The minimum Gasteiger partial charge on any atom is -0.465 e. The van der Waals surface area contributed by atoms with Crippen LogP contribution >= 0.6 is 23.2 Å². The van der Waals surface area contributed by atoms with Crippen molar-refractivity contribution >= 4 is 41.2 Å². The summed E-state index contributed by atoms with van der Waals surface area (Å²) in [6, 6.07) is 7.30. The number of halogens is 2. The average Bonchev–Trinajstić information content (AvgIpc) is 3.44. The Bertz CT molecular complexity index is 1190. The number of carbonyl (C=O) groups is 2. The second-order valence-corrected chi connectivity index (χ2v) is 9.16. The predicted octanol–water partition coefficient (Wildman–Crippen LogP) is 5.25. The van der Waals surface area contributed by atoms with Crippen LogP contribution in [0.15, 0.2) is 41.1 Å². The van der Waals surface area contributed by atoms with E-state index in [2.05, 4.69) is 0 Å². The van der Waals surface area contributed by atoms with Crippen molar-refractivity contribution in [2.45, 2.75) is 39.7 Å². The molecule has 6 nitrogen and oxygen atoms in total. The maximum atomic E-state index is 13.4. The highest BCUT2D eigenvalue weighted by molar-refractivity contribution is 6.35. The number of nitrogens with zero attached hydrogens (tertiary/aromatic N) is 2. The topological polar surface area (TPSA) is 60.8 Å². The quantitative estimate of drug-likeness (QED) is 0.425. The highest BCUT2D eigenvalue weighted by Crippen LogP contribution is 2.35. The number of hydrogen-bond acceptors (Lipinski definition) is 4. The molecule has 2 aliphatic rings. The van der Waals surface area contributed by atoms with Crippen LogP contribution in [0.2, 0.25) is 10.0 Å². The number of esters is 1. The number of allylic oxidation sites excluding steroid dienone is 1. The van der Waals surface area contributed by atoms with Crippen LogP contribution < -0.4 is 0 Å². The van der Waals surface area contributed by atoms with Gasteiger partial charge in [0.2, 0.25) is 0 Å². The van der Waals surface area contributed by atoms with Crippen LogP contribution in [-0.4, -0.2) is 47.7 Å². The molecule has 0 spiro atoms. The van der Waals surface area contributed by atoms with E-state index in [-0.39, 0.29) is 17.6 Å². The van der Waals surface area contributed by atoms with E-state index in [1.165, 1.54) is 7.11 Å². The molecule has 0 radical (unpaired) electrons. The summed E-state index contributed by atoms with van der Waals surface area (Å²) in [6.45, 7) is 6.80. The van der Waals surface area contributed by atoms with E-state index in [0.29, 0.717) is 34.5 Å². The summed E-state index contributed by atoms with van der Waals surface area (Å²) in [4.78, 5) is 27.7. The van der Waals surface area contributed by atoms with Gasteiger partial charge in [-0.05, 0) is 69.5 Å². The fraction of sp³-hybridized carbons (Fsp3) is 0.360. The van der Waals surface area contributed by atoms with E-state index in [1.54, 1.807) is 30.0 Å². The number of aryl methyl sites for hydroxylation is 1. The monoisotopic (exact) mass is 488 g/mol. The summed E-state index contributed by atoms with van der Waals surface area (Å²) in [5.74, 6) is -0.755. The largest absolute Gasteiger partial charge is 0.465 e. The van der Waals surface area contributed by atoms with Crippen LogP contribution in [0.25, 0.3) is 11.8 Å². The summed E-state index contributed by atoms with van der Waals surface area (Å²) >= 11 is 12.5. The number of hydrogen-bond donors (Lipinski definition) is 0. The van der Waals surface area contributed by atoms with Crippen LogP contribution in [0.3, 0.4) is 0 Å². The number of aromatic nitrogens is 1. The van der Waals surface area contributed by atoms with E-state index in [9.17, 15) is 9.59 Å². The fourth-order valence-electron chi connectivity index (χ4n) is 4.56. The van der Waals surface area contributed by atoms with Gasteiger partial charge in [0.25, 0.3) is 5.91 Å².